The number of hydrogen-bond donors (Lipinski definition) is 4. The van der Waals surface area contributed by atoms with E-state index < -0.39 is 30.1 Å². The second-order valence-electron chi connectivity index (χ2n) is 7.01. The standard InChI is InChI=1S/C20H30O7/c21-14(7-5-6-10-20(26)27)11-12-16-15(17(22)13-18(16)23)8-3-1-2-4-9-19(24)25/h1,3,11-12,14-17,21-22H,2,4-10,13H2,(H,24,25)(H,26,27)/b3-1-,12-11+/t14-,15+,16+,17-/m0/s1. The number of allylic oxidation sites excluding steroid dienone is 3. The molecule has 1 aliphatic rings. The van der Waals surface area contributed by atoms with Gasteiger partial charge < -0.3 is 20.4 Å². The van der Waals surface area contributed by atoms with Gasteiger partial charge in [-0.05, 0) is 38.5 Å². The Bertz CT molecular complexity index is 553. The summed E-state index contributed by atoms with van der Waals surface area (Å²) in [5, 5.41) is 37.2. The molecule has 0 aromatic rings. The number of carbonyl (C=O) groups is 3. The van der Waals surface area contributed by atoms with Crippen LogP contribution in [-0.4, -0.2) is 50.4 Å². The van der Waals surface area contributed by atoms with Crippen LogP contribution in [0.4, 0.5) is 0 Å². The van der Waals surface area contributed by atoms with E-state index in [2.05, 4.69) is 0 Å². The molecule has 0 spiro atoms. The molecule has 0 saturated heterocycles. The van der Waals surface area contributed by atoms with Gasteiger partial charge in [-0.25, -0.2) is 0 Å². The zero-order valence-corrected chi connectivity index (χ0v) is 15.5. The van der Waals surface area contributed by atoms with Crippen molar-refractivity contribution >= 4 is 17.7 Å². The first-order valence-electron chi connectivity index (χ1n) is 9.47. The lowest BCUT2D eigenvalue weighted by molar-refractivity contribution is -0.138. The third kappa shape index (κ3) is 9.49. The Hall–Kier alpha value is -1.99. The monoisotopic (exact) mass is 382 g/mol. The number of carbonyl (C=O) groups excluding carboxylic acids is 1. The van der Waals surface area contributed by atoms with E-state index in [9.17, 15) is 24.6 Å². The first kappa shape index (κ1) is 23.0. The molecule has 0 aromatic carbocycles. The number of aliphatic carboxylic acids is 2. The minimum absolute atomic E-state index is 0.0545. The van der Waals surface area contributed by atoms with Crippen molar-refractivity contribution in [2.75, 3.05) is 0 Å². The molecular formula is C20H30O7. The van der Waals surface area contributed by atoms with Crippen LogP contribution in [0.25, 0.3) is 0 Å². The Morgan fingerprint density at radius 2 is 1.74 bits per heavy atom. The normalized spacial score (nSPS) is 24.1. The van der Waals surface area contributed by atoms with Crippen molar-refractivity contribution in [3.8, 4) is 0 Å². The van der Waals surface area contributed by atoms with Gasteiger partial charge in [0.15, 0.2) is 0 Å². The second kappa shape index (κ2) is 12.4. The van der Waals surface area contributed by atoms with Gasteiger partial charge in [-0.1, -0.05) is 24.3 Å². The van der Waals surface area contributed by atoms with Crippen LogP contribution < -0.4 is 0 Å². The fourth-order valence-electron chi connectivity index (χ4n) is 3.24. The maximum Gasteiger partial charge on any atom is 0.303 e. The molecule has 1 aliphatic carbocycles. The molecule has 0 bridgehead atoms. The first-order chi connectivity index (χ1) is 12.8. The minimum Gasteiger partial charge on any atom is -0.481 e. The predicted octanol–water partition coefficient (Wildman–Crippen LogP) is 2.32. The molecule has 0 aliphatic heterocycles. The highest BCUT2D eigenvalue weighted by molar-refractivity contribution is 5.86. The van der Waals surface area contributed by atoms with Crippen molar-refractivity contribution in [3.05, 3.63) is 24.3 Å². The maximum absolute atomic E-state index is 12.1. The van der Waals surface area contributed by atoms with Crippen LogP contribution in [0.1, 0.15) is 57.8 Å². The third-order valence-electron chi connectivity index (χ3n) is 4.76. The Labute approximate surface area is 159 Å². The molecule has 1 fully saturated rings. The van der Waals surface area contributed by atoms with Crippen LogP contribution in [0.2, 0.25) is 0 Å². The second-order valence-corrected chi connectivity index (χ2v) is 7.01. The molecule has 4 N–H and O–H groups in total. The maximum atomic E-state index is 12.1. The van der Waals surface area contributed by atoms with E-state index in [1.807, 2.05) is 12.2 Å². The van der Waals surface area contributed by atoms with Gasteiger partial charge in [-0.2, -0.15) is 0 Å². The Morgan fingerprint density at radius 1 is 1.07 bits per heavy atom. The van der Waals surface area contributed by atoms with E-state index in [0.717, 1.165) is 0 Å². The van der Waals surface area contributed by atoms with Gasteiger partial charge >= 0.3 is 11.9 Å². The van der Waals surface area contributed by atoms with Crippen molar-refractivity contribution in [1.82, 2.24) is 0 Å². The smallest absolute Gasteiger partial charge is 0.303 e. The fourth-order valence-corrected chi connectivity index (χ4v) is 3.24. The number of aliphatic hydroxyl groups is 2. The SMILES string of the molecule is O=C(O)CCC/C=C\C[C@H]1[C@@H](O)CC(=O)[C@@H]1/C=C/[C@@H](O)CCCCC(=O)O. The fraction of sp³-hybridized carbons (Fsp3) is 0.650. The van der Waals surface area contributed by atoms with Crippen LogP contribution in [0.3, 0.4) is 0 Å². The molecule has 27 heavy (non-hydrogen) atoms. The van der Waals surface area contributed by atoms with Crippen LogP contribution in [0.5, 0.6) is 0 Å². The van der Waals surface area contributed by atoms with Gasteiger partial charge in [-0.15, -0.1) is 0 Å². The lowest BCUT2D eigenvalue weighted by atomic mass is 9.90. The van der Waals surface area contributed by atoms with E-state index in [1.54, 1.807) is 12.2 Å². The molecule has 1 rings (SSSR count). The largest absolute Gasteiger partial charge is 0.481 e. The predicted molar refractivity (Wildman–Crippen MR) is 99.1 cm³/mol. The van der Waals surface area contributed by atoms with Crippen molar-refractivity contribution in [2.24, 2.45) is 11.8 Å². The Morgan fingerprint density at radius 3 is 2.41 bits per heavy atom. The van der Waals surface area contributed by atoms with Crippen molar-refractivity contribution in [2.45, 2.75) is 70.0 Å². The van der Waals surface area contributed by atoms with E-state index >= 15 is 0 Å². The van der Waals surface area contributed by atoms with E-state index in [0.29, 0.717) is 38.5 Å². The minimum atomic E-state index is -0.857. The molecule has 0 unspecified atom stereocenters. The summed E-state index contributed by atoms with van der Waals surface area (Å²) in [4.78, 5) is 33.0. The first-order valence-corrected chi connectivity index (χ1v) is 9.47. The average Bonchev–Trinajstić information content (AvgIpc) is 2.85. The molecule has 0 amide bonds. The molecule has 7 nitrogen and oxygen atoms in total. The molecule has 152 valence electrons. The summed E-state index contributed by atoms with van der Waals surface area (Å²) in [5.41, 5.74) is 0. The molecule has 0 heterocycles. The molecule has 4 atom stereocenters. The number of carboxylic acid groups (broad SMARTS) is 2. The van der Waals surface area contributed by atoms with E-state index in [1.165, 1.54) is 0 Å². The summed E-state index contributed by atoms with van der Waals surface area (Å²) >= 11 is 0. The lowest BCUT2D eigenvalue weighted by Gasteiger charge is -2.17. The molecule has 0 radical (unpaired) electrons. The van der Waals surface area contributed by atoms with Gasteiger partial charge in [0.2, 0.25) is 0 Å². The zero-order valence-electron chi connectivity index (χ0n) is 15.5. The number of carboxylic acids is 2. The summed E-state index contributed by atoms with van der Waals surface area (Å²) in [6.45, 7) is 0. The van der Waals surface area contributed by atoms with Crippen LogP contribution in [-0.2, 0) is 14.4 Å². The zero-order chi connectivity index (χ0) is 20.2. The quantitative estimate of drug-likeness (QED) is 0.284. The summed E-state index contributed by atoms with van der Waals surface area (Å²) in [5.74, 6) is -2.43. The lowest BCUT2D eigenvalue weighted by Crippen LogP contribution is -2.19. The highest BCUT2D eigenvalue weighted by atomic mass is 16.4. The highest BCUT2D eigenvalue weighted by Crippen LogP contribution is 2.33. The number of unbranched alkanes of at least 4 members (excludes halogenated alkanes) is 2. The third-order valence-corrected chi connectivity index (χ3v) is 4.76. The molecule has 1 saturated carbocycles. The van der Waals surface area contributed by atoms with Gasteiger partial charge in [0.25, 0.3) is 0 Å². The number of rotatable bonds is 13. The van der Waals surface area contributed by atoms with Crippen LogP contribution in [0, 0.1) is 11.8 Å². The van der Waals surface area contributed by atoms with Gasteiger partial charge in [0.05, 0.1) is 12.2 Å². The highest BCUT2D eigenvalue weighted by Gasteiger charge is 2.39. The topological polar surface area (TPSA) is 132 Å². The van der Waals surface area contributed by atoms with E-state index in [4.69, 9.17) is 10.2 Å². The van der Waals surface area contributed by atoms with Gasteiger partial charge in [-0.3, -0.25) is 14.4 Å². The summed E-state index contributed by atoms with van der Waals surface area (Å²) in [6, 6.07) is 0. The number of ketones is 1. The van der Waals surface area contributed by atoms with Gasteiger partial charge in [0, 0.05) is 31.1 Å². The Kier molecular flexibility index (Phi) is 10.6. The van der Waals surface area contributed by atoms with Crippen molar-refractivity contribution < 1.29 is 34.8 Å². The number of hydrogen-bond acceptors (Lipinski definition) is 5. The average molecular weight is 382 g/mol. The van der Waals surface area contributed by atoms with Crippen molar-refractivity contribution in [3.63, 3.8) is 0 Å². The summed E-state index contributed by atoms with van der Waals surface area (Å²) in [7, 11) is 0. The number of aliphatic hydroxyl groups excluding tert-OH is 2. The molecule has 0 aromatic heterocycles. The number of Topliss-reactive ketones (excluding diaryl/α,β-unsaturated/α-hetero) is 1. The van der Waals surface area contributed by atoms with E-state index in [-0.39, 0.29) is 31.0 Å². The van der Waals surface area contributed by atoms with Gasteiger partial charge in [0.1, 0.15) is 5.78 Å². The van der Waals surface area contributed by atoms with Crippen molar-refractivity contribution in [1.29, 1.82) is 0 Å². The summed E-state index contributed by atoms with van der Waals surface area (Å²) in [6.07, 6.45) is 9.01. The molecule has 7 heteroatoms. The summed E-state index contributed by atoms with van der Waals surface area (Å²) < 4.78 is 0. The van der Waals surface area contributed by atoms with Crippen LogP contribution >= 0.6 is 0 Å². The molecular weight excluding hydrogens is 352 g/mol. The Balaban J connectivity index is 2.45. The van der Waals surface area contributed by atoms with Crippen LogP contribution in [0.15, 0.2) is 24.3 Å².